The second-order valence-electron chi connectivity index (χ2n) is 5.02. The molecule has 0 N–H and O–H groups in total. The van der Waals surface area contributed by atoms with Crippen molar-refractivity contribution in [2.75, 3.05) is 6.54 Å². The van der Waals surface area contributed by atoms with Crippen LogP contribution in [0.15, 0.2) is 29.3 Å². The summed E-state index contributed by atoms with van der Waals surface area (Å²) >= 11 is 4.52. The lowest BCUT2D eigenvalue weighted by molar-refractivity contribution is 0.590. The molecule has 0 unspecified atom stereocenters. The average Bonchev–Trinajstić information content (AvgIpc) is 2.24. The number of nitrogens with zero attached hydrogens (tertiary/aromatic N) is 1. The number of aliphatic imine (C=N–C) groups is 1. The van der Waals surface area contributed by atoms with Crippen molar-refractivity contribution < 1.29 is 0 Å². The molecule has 1 rings (SSSR count). The van der Waals surface area contributed by atoms with E-state index < -0.39 is 0 Å². The van der Waals surface area contributed by atoms with E-state index in [1.807, 2.05) is 0 Å². The van der Waals surface area contributed by atoms with Crippen molar-refractivity contribution >= 4 is 17.4 Å². The second-order valence-corrected chi connectivity index (χ2v) is 5.21. The Balaban J connectivity index is 2.55. The van der Waals surface area contributed by atoms with Crippen LogP contribution in [-0.2, 0) is 11.8 Å². The quantitative estimate of drug-likeness (QED) is 0.434. The molecule has 86 valence electrons. The summed E-state index contributed by atoms with van der Waals surface area (Å²) in [5.41, 5.74) is 2.99. The average molecular weight is 233 g/mol. The van der Waals surface area contributed by atoms with E-state index in [9.17, 15) is 0 Å². The Kier molecular flexibility index (Phi) is 4.85. The summed E-state index contributed by atoms with van der Waals surface area (Å²) in [6.45, 7) is 7.48. The first-order valence-electron chi connectivity index (χ1n) is 5.67. The van der Waals surface area contributed by atoms with Crippen LogP contribution in [-0.4, -0.2) is 11.7 Å². The van der Waals surface area contributed by atoms with Crippen LogP contribution < -0.4 is 0 Å². The molecule has 0 aliphatic heterocycles. The minimum Gasteiger partial charge on any atom is -0.233 e. The molecule has 0 amide bonds. The molecule has 0 aliphatic rings. The van der Waals surface area contributed by atoms with Crippen molar-refractivity contribution in [1.82, 2.24) is 0 Å². The minimum atomic E-state index is 0.236. The van der Waals surface area contributed by atoms with Gasteiger partial charge < -0.3 is 0 Å². The molecule has 0 spiro atoms. The van der Waals surface area contributed by atoms with Gasteiger partial charge in [-0.2, -0.15) is 0 Å². The Morgan fingerprint density at radius 1 is 1.19 bits per heavy atom. The largest absolute Gasteiger partial charge is 0.233 e. The topological polar surface area (TPSA) is 12.4 Å². The SMILES string of the molecule is CC(C)(C)c1ccc(CCCN=C=S)cc1. The van der Waals surface area contributed by atoms with E-state index in [4.69, 9.17) is 0 Å². The monoisotopic (exact) mass is 233 g/mol. The number of isothiocyanates is 1. The summed E-state index contributed by atoms with van der Waals surface area (Å²) in [6.07, 6.45) is 2.10. The first kappa shape index (κ1) is 13.1. The summed E-state index contributed by atoms with van der Waals surface area (Å²) in [5, 5.41) is 2.39. The van der Waals surface area contributed by atoms with Gasteiger partial charge in [0.15, 0.2) is 0 Å². The van der Waals surface area contributed by atoms with Crippen LogP contribution in [0.4, 0.5) is 0 Å². The zero-order valence-corrected chi connectivity index (χ0v) is 11.1. The van der Waals surface area contributed by atoms with Gasteiger partial charge >= 0.3 is 0 Å². The zero-order valence-electron chi connectivity index (χ0n) is 10.3. The fraction of sp³-hybridized carbons (Fsp3) is 0.500. The Hall–Kier alpha value is -0.980. The van der Waals surface area contributed by atoms with Crippen molar-refractivity contribution in [3.8, 4) is 0 Å². The summed E-state index contributed by atoms with van der Waals surface area (Å²) in [6, 6.07) is 8.86. The maximum absolute atomic E-state index is 4.52. The van der Waals surface area contributed by atoms with E-state index in [1.54, 1.807) is 0 Å². The smallest absolute Gasteiger partial charge is 0.0584 e. The molecule has 1 aromatic carbocycles. The molecule has 1 nitrogen and oxygen atoms in total. The normalized spacial score (nSPS) is 10.9. The van der Waals surface area contributed by atoms with Gasteiger partial charge in [0.1, 0.15) is 0 Å². The number of rotatable bonds is 4. The van der Waals surface area contributed by atoms with Gasteiger partial charge in [-0.1, -0.05) is 45.0 Å². The number of hydrogen-bond donors (Lipinski definition) is 0. The van der Waals surface area contributed by atoms with Gasteiger partial charge in [0, 0.05) is 6.54 Å². The fourth-order valence-electron chi connectivity index (χ4n) is 1.58. The van der Waals surface area contributed by atoms with E-state index in [2.05, 4.69) is 67.4 Å². The highest BCUT2D eigenvalue weighted by Crippen LogP contribution is 2.22. The molecule has 0 fully saturated rings. The molecule has 0 heterocycles. The maximum Gasteiger partial charge on any atom is 0.0584 e. The number of benzene rings is 1. The molecule has 0 saturated heterocycles. The maximum atomic E-state index is 4.52. The summed E-state index contributed by atoms with van der Waals surface area (Å²) in [7, 11) is 0. The summed E-state index contributed by atoms with van der Waals surface area (Å²) in [4.78, 5) is 3.91. The molecular weight excluding hydrogens is 214 g/mol. The molecule has 0 radical (unpaired) electrons. The molecule has 0 saturated carbocycles. The zero-order chi connectivity index (χ0) is 12.0. The molecule has 0 aliphatic carbocycles. The summed E-state index contributed by atoms with van der Waals surface area (Å²) in [5.74, 6) is 0. The van der Waals surface area contributed by atoms with E-state index in [0.717, 1.165) is 19.4 Å². The van der Waals surface area contributed by atoms with Crippen LogP contribution in [0.2, 0.25) is 0 Å². The van der Waals surface area contributed by atoms with Crippen LogP contribution in [0.5, 0.6) is 0 Å². The highest BCUT2D eigenvalue weighted by atomic mass is 32.1. The Labute approximate surface area is 104 Å². The van der Waals surface area contributed by atoms with Gasteiger partial charge in [0.25, 0.3) is 0 Å². The second kappa shape index (κ2) is 5.93. The van der Waals surface area contributed by atoms with Gasteiger partial charge in [-0.05, 0) is 41.6 Å². The Bertz CT molecular complexity index is 367. The molecular formula is C14H19NS. The van der Waals surface area contributed by atoms with Gasteiger partial charge in [-0.3, -0.25) is 0 Å². The van der Waals surface area contributed by atoms with Crippen molar-refractivity contribution in [2.45, 2.75) is 39.0 Å². The highest BCUT2D eigenvalue weighted by Gasteiger charge is 2.12. The van der Waals surface area contributed by atoms with Crippen LogP contribution in [0, 0.1) is 0 Å². The Morgan fingerprint density at radius 2 is 1.81 bits per heavy atom. The predicted octanol–water partition coefficient (Wildman–Crippen LogP) is 4.02. The van der Waals surface area contributed by atoms with Crippen molar-refractivity contribution in [1.29, 1.82) is 0 Å². The molecule has 2 heteroatoms. The van der Waals surface area contributed by atoms with Crippen molar-refractivity contribution in [3.63, 3.8) is 0 Å². The number of aryl methyl sites for hydroxylation is 1. The van der Waals surface area contributed by atoms with E-state index in [-0.39, 0.29) is 5.41 Å². The molecule has 0 aromatic heterocycles. The highest BCUT2D eigenvalue weighted by molar-refractivity contribution is 7.78. The first-order valence-corrected chi connectivity index (χ1v) is 6.08. The molecule has 16 heavy (non-hydrogen) atoms. The minimum absolute atomic E-state index is 0.236. The lowest BCUT2D eigenvalue weighted by atomic mass is 9.86. The standard InChI is InChI=1S/C14H19NS/c1-14(2,3)13-8-6-12(7-9-13)5-4-10-15-11-16/h6-9H,4-5,10H2,1-3H3. The van der Waals surface area contributed by atoms with Crippen molar-refractivity contribution in [2.24, 2.45) is 4.99 Å². The molecule has 0 bridgehead atoms. The van der Waals surface area contributed by atoms with Gasteiger partial charge in [-0.15, -0.1) is 0 Å². The lowest BCUT2D eigenvalue weighted by Gasteiger charge is -2.19. The Morgan fingerprint density at radius 3 is 2.31 bits per heavy atom. The van der Waals surface area contributed by atoms with Crippen LogP contribution in [0.3, 0.4) is 0 Å². The summed E-state index contributed by atoms with van der Waals surface area (Å²) < 4.78 is 0. The predicted molar refractivity (Wildman–Crippen MR) is 73.4 cm³/mol. The first-order chi connectivity index (χ1) is 7.54. The van der Waals surface area contributed by atoms with E-state index in [0.29, 0.717) is 0 Å². The van der Waals surface area contributed by atoms with E-state index in [1.165, 1.54) is 11.1 Å². The lowest BCUT2D eigenvalue weighted by Crippen LogP contribution is -2.10. The van der Waals surface area contributed by atoms with Crippen LogP contribution >= 0.6 is 12.2 Å². The van der Waals surface area contributed by atoms with Gasteiger partial charge in [0.2, 0.25) is 0 Å². The van der Waals surface area contributed by atoms with E-state index >= 15 is 0 Å². The number of hydrogen-bond acceptors (Lipinski definition) is 2. The third kappa shape index (κ3) is 4.26. The van der Waals surface area contributed by atoms with Crippen LogP contribution in [0.1, 0.15) is 38.3 Å². The third-order valence-corrected chi connectivity index (χ3v) is 2.75. The fourth-order valence-corrected chi connectivity index (χ4v) is 1.67. The van der Waals surface area contributed by atoms with Gasteiger partial charge in [0.05, 0.1) is 5.16 Å². The van der Waals surface area contributed by atoms with Crippen LogP contribution in [0.25, 0.3) is 0 Å². The van der Waals surface area contributed by atoms with Crippen molar-refractivity contribution in [3.05, 3.63) is 35.4 Å². The number of thiocarbonyl (C=S) groups is 1. The van der Waals surface area contributed by atoms with Gasteiger partial charge in [-0.25, -0.2) is 4.99 Å². The molecule has 1 aromatic rings. The molecule has 0 atom stereocenters. The third-order valence-electron chi connectivity index (χ3n) is 2.62.